The molecule has 4 heteroatoms. The van der Waals surface area contributed by atoms with Gasteiger partial charge in [-0.3, -0.25) is 4.40 Å². The summed E-state index contributed by atoms with van der Waals surface area (Å²) in [6.45, 7) is 0. The van der Waals surface area contributed by atoms with E-state index in [1.54, 1.807) is 0 Å². The Labute approximate surface area is 155 Å². The van der Waals surface area contributed by atoms with Gasteiger partial charge in [0.1, 0.15) is 11.3 Å². The molecule has 5 rings (SSSR count). The van der Waals surface area contributed by atoms with Gasteiger partial charge in [0.2, 0.25) is 0 Å². The molecule has 3 heterocycles. The average molecular weight is 356 g/mol. The van der Waals surface area contributed by atoms with Crippen LogP contribution >= 0.6 is 11.6 Å². The fourth-order valence-electron chi connectivity index (χ4n) is 3.29. The van der Waals surface area contributed by atoms with Crippen LogP contribution < -0.4 is 0 Å². The van der Waals surface area contributed by atoms with E-state index in [2.05, 4.69) is 39.7 Å². The molecule has 0 N–H and O–H groups in total. The first-order valence-corrected chi connectivity index (χ1v) is 8.75. The Morgan fingerprint density at radius 1 is 0.769 bits per heavy atom. The molecule has 0 aliphatic rings. The van der Waals surface area contributed by atoms with Crippen molar-refractivity contribution in [2.75, 3.05) is 0 Å². The molecule has 3 nitrogen and oxygen atoms in total. The second-order valence-electron chi connectivity index (χ2n) is 6.17. The average Bonchev–Trinajstić information content (AvgIpc) is 3.14. The number of halogens is 1. The van der Waals surface area contributed by atoms with Crippen LogP contribution in [-0.2, 0) is 0 Å². The predicted molar refractivity (Wildman–Crippen MR) is 106 cm³/mol. The van der Waals surface area contributed by atoms with Crippen LogP contribution in [-0.4, -0.2) is 14.4 Å². The summed E-state index contributed by atoms with van der Waals surface area (Å²) in [7, 11) is 0. The van der Waals surface area contributed by atoms with E-state index in [1.165, 1.54) is 0 Å². The van der Waals surface area contributed by atoms with Gasteiger partial charge in [0.05, 0.1) is 5.69 Å². The van der Waals surface area contributed by atoms with Crippen molar-refractivity contribution in [1.29, 1.82) is 0 Å². The van der Waals surface area contributed by atoms with Gasteiger partial charge >= 0.3 is 0 Å². The van der Waals surface area contributed by atoms with Gasteiger partial charge in [0, 0.05) is 33.9 Å². The van der Waals surface area contributed by atoms with Crippen molar-refractivity contribution >= 4 is 28.3 Å². The first kappa shape index (κ1) is 15.1. The van der Waals surface area contributed by atoms with E-state index in [9.17, 15) is 0 Å². The van der Waals surface area contributed by atoms with Gasteiger partial charge in [-0.25, -0.2) is 9.97 Å². The number of nitrogens with zero attached hydrogens (tertiary/aromatic N) is 3. The Bertz CT molecular complexity index is 1240. The highest BCUT2D eigenvalue weighted by molar-refractivity contribution is 6.30. The molecule has 0 aliphatic heterocycles. The molecule has 0 fully saturated rings. The van der Waals surface area contributed by atoms with Crippen molar-refractivity contribution in [3.63, 3.8) is 0 Å². The van der Waals surface area contributed by atoms with Crippen molar-refractivity contribution in [2.45, 2.75) is 0 Å². The molecule has 0 aliphatic carbocycles. The third-order valence-electron chi connectivity index (χ3n) is 4.50. The molecule has 5 aromatic rings. The quantitative estimate of drug-likeness (QED) is 0.396. The van der Waals surface area contributed by atoms with E-state index in [0.717, 1.165) is 39.1 Å². The summed E-state index contributed by atoms with van der Waals surface area (Å²) in [5.41, 5.74) is 5.85. The van der Waals surface area contributed by atoms with Crippen molar-refractivity contribution in [3.05, 3.63) is 90.2 Å². The molecule has 0 atom stereocenters. The molecule has 3 aromatic heterocycles. The third kappa shape index (κ3) is 2.45. The molecule has 0 saturated heterocycles. The van der Waals surface area contributed by atoms with Crippen LogP contribution in [0.2, 0.25) is 5.02 Å². The lowest BCUT2D eigenvalue weighted by Crippen LogP contribution is -1.93. The van der Waals surface area contributed by atoms with Gasteiger partial charge in [-0.2, -0.15) is 0 Å². The Hall–Kier alpha value is -3.17. The zero-order chi connectivity index (χ0) is 17.5. The lowest BCUT2D eigenvalue weighted by molar-refractivity contribution is 1.19. The number of fused-ring (bicyclic) bond motifs is 3. The predicted octanol–water partition coefficient (Wildman–Crippen LogP) is 5.87. The van der Waals surface area contributed by atoms with Crippen molar-refractivity contribution < 1.29 is 0 Å². The van der Waals surface area contributed by atoms with E-state index in [0.29, 0.717) is 5.02 Å². The van der Waals surface area contributed by atoms with E-state index in [1.807, 2.05) is 54.9 Å². The summed E-state index contributed by atoms with van der Waals surface area (Å²) in [5, 5.41) is 1.77. The second-order valence-corrected chi connectivity index (χ2v) is 6.61. The van der Waals surface area contributed by atoms with Gasteiger partial charge in [0.15, 0.2) is 0 Å². The smallest absolute Gasteiger partial charge is 0.147 e. The molecule has 0 saturated carbocycles. The van der Waals surface area contributed by atoms with Crippen LogP contribution in [0.1, 0.15) is 0 Å². The fraction of sp³-hybridized carbons (Fsp3) is 0. The number of pyridine rings is 2. The first-order chi connectivity index (χ1) is 12.8. The van der Waals surface area contributed by atoms with Gasteiger partial charge in [-0.05, 0) is 35.9 Å². The molecule has 0 radical (unpaired) electrons. The van der Waals surface area contributed by atoms with Crippen LogP contribution in [0.15, 0.2) is 85.2 Å². The lowest BCUT2D eigenvalue weighted by atomic mass is 10.1. The Kier molecular flexibility index (Phi) is 3.47. The third-order valence-corrected chi connectivity index (χ3v) is 4.73. The Balaban J connectivity index is 1.87. The van der Waals surface area contributed by atoms with Gasteiger partial charge < -0.3 is 0 Å². The molecular weight excluding hydrogens is 342 g/mol. The molecule has 26 heavy (non-hydrogen) atoms. The standard InChI is InChI=1S/C22H14ClN3/c23-18-10-4-8-16(12-18)19-13-17-9-5-11-24-21(17)26-14-20(25-22(19)26)15-6-2-1-3-7-15/h1-14H. The Morgan fingerprint density at radius 2 is 1.62 bits per heavy atom. The van der Waals surface area contributed by atoms with E-state index < -0.39 is 0 Å². The molecule has 0 bridgehead atoms. The zero-order valence-electron chi connectivity index (χ0n) is 13.8. The number of benzene rings is 2. The van der Waals surface area contributed by atoms with Gasteiger partial charge in [0.25, 0.3) is 0 Å². The number of hydrogen-bond acceptors (Lipinski definition) is 2. The molecule has 124 valence electrons. The second kappa shape index (κ2) is 5.97. The minimum absolute atomic E-state index is 0.710. The van der Waals surface area contributed by atoms with E-state index in [4.69, 9.17) is 16.6 Å². The molecule has 2 aromatic carbocycles. The highest BCUT2D eigenvalue weighted by Gasteiger charge is 2.14. The Morgan fingerprint density at radius 3 is 2.46 bits per heavy atom. The van der Waals surface area contributed by atoms with Crippen molar-refractivity contribution in [3.8, 4) is 22.4 Å². The molecular formula is C22H14ClN3. The minimum Gasteiger partial charge on any atom is -0.283 e. The van der Waals surface area contributed by atoms with Gasteiger partial charge in [-0.1, -0.05) is 54.1 Å². The summed E-state index contributed by atoms with van der Waals surface area (Å²) in [4.78, 5) is 9.48. The van der Waals surface area contributed by atoms with Crippen molar-refractivity contribution in [2.24, 2.45) is 0 Å². The first-order valence-electron chi connectivity index (χ1n) is 8.38. The largest absolute Gasteiger partial charge is 0.283 e. The van der Waals surface area contributed by atoms with Crippen LogP contribution in [0.5, 0.6) is 0 Å². The summed E-state index contributed by atoms with van der Waals surface area (Å²) in [6.07, 6.45) is 3.86. The normalized spacial score (nSPS) is 11.3. The maximum Gasteiger partial charge on any atom is 0.147 e. The maximum absolute atomic E-state index is 6.23. The van der Waals surface area contributed by atoms with Crippen LogP contribution in [0.4, 0.5) is 0 Å². The number of aromatic nitrogens is 3. The summed E-state index contributed by atoms with van der Waals surface area (Å²) < 4.78 is 2.06. The molecule has 0 unspecified atom stereocenters. The van der Waals surface area contributed by atoms with Gasteiger partial charge in [-0.15, -0.1) is 0 Å². The van der Waals surface area contributed by atoms with Crippen LogP contribution in [0.3, 0.4) is 0 Å². The van der Waals surface area contributed by atoms with E-state index in [-0.39, 0.29) is 0 Å². The van der Waals surface area contributed by atoms with Crippen LogP contribution in [0, 0.1) is 0 Å². The number of rotatable bonds is 2. The van der Waals surface area contributed by atoms with E-state index >= 15 is 0 Å². The number of imidazole rings is 1. The molecule has 0 spiro atoms. The highest BCUT2D eigenvalue weighted by atomic mass is 35.5. The monoisotopic (exact) mass is 355 g/mol. The maximum atomic E-state index is 6.23. The number of hydrogen-bond donors (Lipinski definition) is 0. The topological polar surface area (TPSA) is 30.2 Å². The van der Waals surface area contributed by atoms with Crippen molar-refractivity contribution in [1.82, 2.24) is 14.4 Å². The summed E-state index contributed by atoms with van der Waals surface area (Å²) in [5.74, 6) is 0. The summed E-state index contributed by atoms with van der Waals surface area (Å²) in [6, 6.07) is 24.2. The SMILES string of the molecule is Clc1cccc(-c2cc3cccnc3n3cc(-c4ccccc4)nc23)c1. The minimum atomic E-state index is 0.710. The van der Waals surface area contributed by atoms with Crippen LogP contribution in [0.25, 0.3) is 39.1 Å². The highest BCUT2D eigenvalue weighted by Crippen LogP contribution is 2.32. The fourth-order valence-corrected chi connectivity index (χ4v) is 3.48. The zero-order valence-corrected chi connectivity index (χ0v) is 14.6. The lowest BCUT2D eigenvalue weighted by Gasteiger charge is -2.08. The summed E-state index contributed by atoms with van der Waals surface area (Å²) >= 11 is 6.23. The molecule has 0 amide bonds.